The number of anilines is 1. The van der Waals surface area contributed by atoms with Crippen LogP contribution in [-0.2, 0) is 17.7 Å². The van der Waals surface area contributed by atoms with E-state index in [0.717, 1.165) is 17.7 Å². The summed E-state index contributed by atoms with van der Waals surface area (Å²) in [4.78, 5) is 14.2. The minimum Gasteiger partial charge on any atom is -0.443 e. The lowest BCUT2D eigenvalue weighted by atomic mass is 10.1. The quantitative estimate of drug-likeness (QED) is 0.865. The Balaban J connectivity index is 2.17. The molecule has 23 heavy (non-hydrogen) atoms. The van der Waals surface area contributed by atoms with Gasteiger partial charge in [0, 0.05) is 25.6 Å². The van der Waals surface area contributed by atoms with Gasteiger partial charge in [-0.25, -0.2) is 4.79 Å². The van der Waals surface area contributed by atoms with Crippen molar-refractivity contribution >= 4 is 11.8 Å². The zero-order valence-corrected chi connectivity index (χ0v) is 14.5. The molecular weight excluding hydrogens is 288 g/mol. The number of hydrogen-bond acceptors (Lipinski definition) is 3. The van der Waals surface area contributed by atoms with E-state index in [4.69, 9.17) is 11.2 Å². The van der Waals surface area contributed by atoms with Gasteiger partial charge in [0.1, 0.15) is 5.60 Å². The van der Waals surface area contributed by atoms with Crippen LogP contribution in [0.2, 0.25) is 0 Å². The van der Waals surface area contributed by atoms with Crippen LogP contribution in [0.4, 0.5) is 10.5 Å². The summed E-state index contributed by atoms with van der Waals surface area (Å²) in [5, 5.41) is 3.42. The Morgan fingerprint density at radius 1 is 1.48 bits per heavy atom. The number of amides is 1. The van der Waals surface area contributed by atoms with Crippen molar-refractivity contribution in [1.29, 1.82) is 0 Å². The number of benzene rings is 1. The molecule has 1 aliphatic rings. The Morgan fingerprint density at radius 3 is 2.87 bits per heavy atom. The first-order valence-corrected chi connectivity index (χ1v) is 8.10. The zero-order chi connectivity index (χ0) is 17.0. The number of terminal acetylenes is 1. The standard InChI is InChI=1S/C19H26N2O2/c1-6-8-14(2)20-13-16-10-7-9-15-11-12-21(17(15)16)18(22)23-19(3,4)5/h1,7,9-10,14,20H,8,11-13H2,2-5H3. The van der Waals surface area contributed by atoms with Gasteiger partial charge in [-0.1, -0.05) is 18.2 Å². The van der Waals surface area contributed by atoms with E-state index >= 15 is 0 Å². The molecule has 0 bridgehead atoms. The predicted molar refractivity (Wildman–Crippen MR) is 93.5 cm³/mol. The van der Waals surface area contributed by atoms with Crippen LogP contribution in [0.15, 0.2) is 18.2 Å². The Hall–Kier alpha value is -1.99. The number of ether oxygens (including phenoxy) is 1. The highest BCUT2D eigenvalue weighted by atomic mass is 16.6. The van der Waals surface area contributed by atoms with Gasteiger partial charge < -0.3 is 10.1 Å². The van der Waals surface area contributed by atoms with Crippen LogP contribution < -0.4 is 10.2 Å². The molecule has 1 N–H and O–H groups in total. The Bertz CT molecular complexity index is 611. The van der Waals surface area contributed by atoms with Gasteiger partial charge in [-0.2, -0.15) is 0 Å². The molecule has 1 heterocycles. The van der Waals surface area contributed by atoms with E-state index in [0.29, 0.717) is 19.5 Å². The highest BCUT2D eigenvalue weighted by molar-refractivity contribution is 5.91. The highest BCUT2D eigenvalue weighted by Crippen LogP contribution is 2.33. The minimum absolute atomic E-state index is 0.243. The molecular formula is C19H26N2O2. The van der Waals surface area contributed by atoms with Crippen LogP contribution in [0, 0.1) is 12.3 Å². The molecule has 0 saturated carbocycles. The van der Waals surface area contributed by atoms with Crippen molar-refractivity contribution in [2.45, 2.75) is 58.7 Å². The molecule has 2 rings (SSSR count). The lowest BCUT2D eigenvalue weighted by Gasteiger charge is -2.26. The van der Waals surface area contributed by atoms with Crippen LogP contribution in [0.3, 0.4) is 0 Å². The fourth-order valence-electron chi connectivity index (χ4n) is 2.71. The third kappa shape index (κ3) is 4.49. The van der Waals surface area contributed by atoms with Gasteiger partial charge in [0.05, 0.1) is 5.69 Å². The monoisotopic (exact) mass is 314 g/mol. The van der Waals surface area contributed by atoms with E-state index in [1.807, 2.05) is 26.8 Å². The fourth-order valence-corrected chi connectivity index (χ4v) is 2.71. The van der Waals surface area contributed by atoms with Gasteiger partial charge in [-0.3, -0.25) is 4.90 Å². The van der Waals surface area contributed by atoms with Crippen LogP contribution in [0.1, 0.15) is 45.2 Å². The number of rotatable bonds is 4. The average molecular weight is 314 g/mol. The topological polar surface area (TPSA) is 41.6 Å². The first-order chi connectivity index (χ1) is 10.8. The fraction of sp³-hybridized carbons (Fsp3) is 0.526. The second-order valence-electron chi connectivity index (χ2n) is 7.00. The lowest BCUT2D eigenvalue weighted by molar-refractivity contribution is 0.0583. The van der Waals surface area contributed by atoms with Crippen LogP contribution >= 0.6 is 0 Å². The van der Waals surface area contributed by atoms with E-state index in [2.05, 4.69) is 30.3 Å². The third-order valence-corrected chi connectivity index (χ3v) is 3.76. The van der Waals surface area contributed by atoms with E-state index in [-0.39, 0.29) is 12.1 Å². The molecule has 0 aromatic heterocycles. The van der Waals surface area contributed by atoms with Gasteiger partial charge in [0.2, 0.25) is 0 Å². The molecule has 124 valence electrons. The molecule has 0 fully saturated rings. The normalized spacial score (nSPS) is 15.0. The summed E-state index contributed by atoms with van der Waals surface area (Å²) in [5.41, 5.74) is 2.80. The zero-order valence-electron chi connectivity index (χ0n) is 14.5. The summed E-state index contributed by atoms with van der Waals surface area (Å²) in [5.74, 6) is 2.66. The van der Waals surface area contributed by atoms with Crippen molar-refractivity contribution in [1.82, 2.24) is 5.32 Å². The number of carbonyl (C=O) groups is 1. The van der Waals surface area contributed by atoms with Crippen LogP contribution in [0.5, 0.6) is 0 Å². The lowest BCUT2D eigenvalue weighted by Crippen LogP contribution is -2.36. The number of para-hydroxylation sites is 1. The number of hydrogen-bond donors (Lipinski definition) is 1. The van der Waals surface area contributed by atoms with Crippen molar-refractivity contribution in [3.8, 4) is 12.3 Å². The largest absolute Gasteiger partial charge is 0.443 e. The number of nitrogens with one attached hydrogen (secondary N) is 1. The molecule has 0 spiro atoms. The Labute approximate surface area is 139 Å². The summed E-state index contributed by atoms with van der Waals surface area (Å²) >= 11 is 0. The van der Waals surface area contributed by atoms with Gasteiger partial charge in [0.25, 0.3) is 0 Å². The second-order valence-corrected chi connectivity index (χ2v) is 7.00. The molecule has 4 heteroatoms. The second kappa shape index (κ2) is 7.06. The molecule has 0 radical (unpaired) electrons. The van der Waals surface area contributed by atoms with E-state index in [1.165, 1.54) is 5.56 Å². The number of nitrogens with zero attached hydrogens (tertiary/aromatic N) is 1. The minimum atomic E-state index is -0.492. The summed E-state index contributed by atoms with van der Waals surface area (Å²) in [6.45, 7) is 9.08. The van der Waals surface area contributed by atoms with Crippen molar-refractivity contribution < 1.29 is 9.53 Å². The number of fused-ring (bicyclic) bond motifs is 1. The van der Waals surface area contributed by atoms with Crippen molar-refractivity contribution in [3.05, 3.63) is 29.3 Å². The van der Waals surface area contributed by atoms with Gasteiger partial charge in [-0.15, -0.1) is 12.3 Å². The third-order valence-electron chi connectivity index (χ3n) is 3.76. The maximum absolute atomic E-state index is 12.5. The van der Waals surface area contributed by atoms with E-state index in [9.17, 15) is 4.79 Å². The van der Waals surface area contributed by atoms with E-state index < -0.39 is 5.60 Å². The number of carbonyl (C=O) groups excluding carboxylic acids is 1. The Kier molecular flexibility index (Phi) is 5.33. The average Bonchev–Trinajstić information content (AvgIpc) is 2.88. The smallest absolute Gasteiger partial charge is 0.414 e. The van der Waals surface area contributed by atoms with Gasteiger partial charge in [0.15, 0.2) is 0 Å². The predicted octanol–water partition coefficient (Wildman–Crippen LogP) is 3.49. The van der Waals surface area contributed by atoms with Crippen molar-refractivity contribution in [3.63, 3.8) is 0 Å². The summed E-state index contributed by atoms with van der Waals surface area (Å²) in [6, 6.07) is 6.41. The first-order valence-electron chi connectivity index (χ1n) is 8.10. The molecule has 4 nitrogen and oxygen atoms in total. The summed E-state index contributed by atoms with van der Waals surface area (Å²) < 4.78 is 5.54. The molecule has 1 atom stereocenters. The molecule has 0 aliphatic carbocycles. The summed E-state index contributed by atoms with van der Waals surface area (Å²) in [6.07, 6.45) is 6.62. The van der Waals surface area contributed by atoms with Gasteiger partial charge in [-0.05, 0) is 45.2 Å². The Morgan fingerprint density at radius 2 is 2.22 bits per heavy atom. The van der Waals surface area contributed by atoms with Crippen molar-refractivity contribution in [2.75, 3.05) is 11.4 Å². The molecule has 1 aromatic rings. The van der Waals surface area contributed by atoms with E-state index in [1.54, 1.807) is 4.90 Å². The first kappa shape index (κ1) is 17.4. The molecule has 1 amide bonds. The van der Waals surface area contributed by atoms with Gasteiger partial charge >= 0.3 is 6.09 Å². The maximum Gasteiger partial charge on any atom is 0.414 e. The molecule has 1 aromatic carbocycles. The SMILES string of the molecule is C#CCC(C)NCc1cccc2c1N(C(=O)OC(C)(C)C)CC2. The van der Waals surface area contributed by atoms with Crippen molar-refractivity contribution in [2.24, 2.45) is 0 Å². The summed E-state index contributed by atoms with van der Waals surface area (Å²) in [7, 11) is 0. The highest BCUT2D eigenvalue weighted by Gasteiger charge is 2.30. The molecule has 0 saturated heterocycles. The maximum atomic E-state index is 12.5. The molecule has 1 aliphatic heterocycles. The molecule has 1 unspecified atom stereocenters. The van der Waals surface area contributed by atoms with Crippen LogP contribution in [0.25, 0.3) is 0 Å². The van der Waals surface area contributed by atoms with Crippen LogP contribution in [-0.4, -0.2) is 24.3 Å².